The third-order valence-electron chi connectivity index (χ3n) is 4.35. The molecule has 2 N–H and O–H groups in total. The first kappa shape index (κ1) is 15.0. The van der Waals surface area contributed by atoms with Crippen molar-refractivity contribution in [3.63, 3.8) is 0 Å². The molecule has 20 heavy (non-hydrogen) atoms. The van der Waals surface area contributed by atoms with Crippen LogP contribution in [0.15, 0.2) is 24.3 Å². The maximum absolute atomic E-state index is 12.5. The van der Waals surface area contributed by atoms with E-state index in [4.69, 9.17) is 5.73 Å². The summed E-state index contributed by atoms with van der Waals surface area (Å²) >= 11 is 0. The van der Waals surface area contributed by atoms with Gasteiger partial charge in [-0.05, 0) is 55.8 Å². The van der Waals surface area contributed by atoms with Gasteiger partial charge in [0.1, 0.15) is 0 Å². The molecule has 1 aromatic carbocycles. The maximum Gasteiger partial charge on any atom is 0.253 e. The number of amides is 1. The summed E-state index contributed by atoms with van der Waals surface area (Å²) in [6, 6.07) is 7.92. The van der Waals surface area contributed by atoms with Crippen LogP contribution in [0.3, 0.4) is 0 Å². The number of carbonyl (C=O) groups excluding carboxylic acids is 1. The van der Waals surface area contributed by atoms with Gasteiger partial charge in [0.25, 0.3) is 5.91 Å². The molecule has 0 aromatic heterocycles. The zero-order valence-electron chi connectivity index (χ0n) is 12.5. The molecular weight excluding hydrogens is 248 g/mol. The number of rotatable bonds is 4. The highest BCUT2D eigenvalue weighted by Crippen LogP contribution is 2.21. The molecular formula is C17H26N2O. The average molecular weight is 274 g/mol. The monoisotopic (exact) mass is 274 g/mol. The van der Waals surface area contributed by atoms with Gasteiger partial charge in [0.05, 0.1) is 0 Å². The summed E-state index contributed by atoms with van der Waals surface area (Å²) in [7, 11) is 0. The summed E-state index contributed by atoms with van der Waals surface area (Å²) in [5.74, 6) is 0.973. The van der Waals surface area contributed by atoms with Gasteiger partial charge in [0, 0.05) is 18.7 Å². The summed E-state index contributed by atoms with van der Waals surface area (Å²) in [5.41, 5.74) is 7.55. The van der Waals surface area contributed by atoms with Crippen LogP contribution >= 0.6 is 0 Å². The number of carbonyl (C=O) groups is 1. The van der Waals surface area contributed by atoms with Crippen molar-refractivity contribution >= 4 is 5.91 Å². The Kier molecular flexibility index (Phi) is 5.60. The molecule has 1 aliphatic rings. The van der Waals surface area contributed by atoms with Crippen LogP contribution in [0.5, 0.6) is 0 Å². The van der Waals surface area contributed by atoms with E-state index < -0.39 is 0 Å². The second-order valence-electron chi connectivity index (χ2n) is 5.73. The second kappa shape index (κ2) is 7.44. The first-order valence-corrected chi connectivity index (χ1v) is 7.83. The van der Waals surface area contributed by atoms with E-state index in [1.807, 2.05) is 29.2 Å². The van der Waals surface area contributed by atoms with E-state index >= 15 is 0 Å². The number of nitrogens with two attached hydrogens (primary N) is 1. The van der Waals surface area contributed by atoms with Gasteiger partial charge >= 0.3 is 0 Å². The van der Waals surface area contributed by atoms with Crippen molar-refractivity contribution in [2.24, 2.45) is 11.7 Å². The number of likely N-dealkylation sites (tertiary alicyclic amines) is 1. The van der Waals surface area contributed by atoms with E-state index in [0.29, 0.717) is 6.54 Å². The third-order valence-corrected chi connectivity index (χ3v) is 4.35. The van der Waals surface area contributed by atoms with E-state index in [1.54, 1.807) is 0 Å². The Morgan fingerprint density at radius 1 is 1.25 bits per heavy atom. The van der Waals surface area contributed by atoms with Crippen molar-refractivity contribution in [1.29, 1.82) is 0 Å². The highest BCUT2D eigenvalue weighted by molar-refractivity contribution is 5.94. The molecule has 1 aliphatic heterocycles. The molecule has 2 rings (SSSR count). The van der Waals surface area contributed by atoms with Crippen LogP contribution in [0, 0.1) is 5.92 Å². The van der Waals surface area contributed by atoms with Crippen LogP contribution in [0.4, 0.5) is 0 Å². The van der Waals surface area contributed by atoms with Crippen molar-refractivity contribution in [1.82, 2.24) is 4.90 Å². The van der Waals surface area contributed by atoms with Crippen molar-refractivity contribution in [2.75, 3.05) is 19.6 Å². The Balaban J connectivity index is 1.99. The van der Waals surface area contributed by atoms with Crippen LogP contribution in [-0.2, 0) is 6.42 Å². The molecule has 1 saturated heterocycles. The van der Waals surface area contributed by atoms with Gasteiger partial charge in [-0.15, -0.1) is 0 Å². The Morgan fingerprint density at radius 2 is 2.00 bits per heavy atom. The van der Waals surface area contributed by atoms with Crippen molar-refractivity contribution < 1.29 is 4.79 Å². The van der Waals surface area contributed by atoms with Crippen LogP contribution in [0.1, 0.15) is 48.5 Å². The van der Waals surface area contributed by atoms with Crippen LogP contribution in [-0.4, -0.2) is 30.4 Å². The van der Waals surface area contributed by atoms with Crippen LogP contribution in [0.25, 0.3) is 0 Å². The van der Waals surface area contributed by atoms with Crippen LogP contribution in [0.2, 0.25) is 0 Å². The molecule has 1 heterocycles. The summed E-state index contributed by atoms with van der Waals surface area (Å²) in [5, 5.41) is 0. The highest BCUT2D eigenvalue weighted by atomic mass is 16.2. The fourth-order valence-corrected chi connectivity index (χ4v) is 2.94. The molecule has 1 unspecified atom stereocenters. The number of benzene rings is 1. The minimum absolute atomic E-state index is 0.182. The molecule has 0 radical (unpaired) electrons. The zero-order chi connectivity index (χ0) is 14.4. The summed E-state index contributed by atoms with van der Waals surface area (Å²) in [4.78, 5) is 14.5. The number of nitrogens with zero attached hydrogens (tertiary/aromatic N) is 1. The van der Waals surface area contributed by atoms with Gasteiger partial charge < -0.3 is 10.6 Å². The van der Waals surface area contributed by atoms with Gasteiger partial charge in [0.2, 0.25) is 0 Å². The summed E-state index contributed by atoms with van der Waals surface area (Å²) in [6.07, 6.45) is 5.64. The molecule has 3 nitrogen and oxygen atoms in total. The van der Waals surface area contributed by atoms with Crippen molar-refractivity contribution in [3.8, 4) is 0 Å². The molecule has 1 fully saturated rings. The first-order chi connectivity index (χ1) is 9.74. The molecule has 0 aliphatic carbocycles. The minimum atomic E-state index is 0.182. The SMILES string of the molecule is CCC1CCCN(C(=O)c2ccc(CCN)cc2)CC1. The molecule has 110 valence electrons. The summed E-state index contributed by atoms with van der Waals surface area (Å²) < 4.78 is 0. The molecule has 3 heteroatoms. The molecule has 1 atom stereocenters. The Morgan fingerprint density at radius 3 is 2.65 bits per heavy atom. The van der Waals surface area contributed by atoms with Crippen molar-refractivity contribution in [2.45, 2.75) is 39.0 Å². The van der Waals surface area contributed by atoms with E-state index in [2.05, 4.69) is 6.92 Å². The Hall–Kier alpha value is -1.35. The average Bonchev–Trinajstić information content (AvgIpc) is 2.73. The Labute approximate surface area is 122 Å². The number of hydrogen-bond acceptors (Lipinski definition) is 2. The van der Waals surface area contributed by atoms with Gasteiger partial charge in [-0.1, -0.05) is 25.5 Å². The number of hydrogen-bond donors (Lipinski definition) is 1. The summed E-state index contributed by atoms with van der Waals surface area (Å²) in [6.45, 7) is 4.71. The minimum Gasteiger partial charge on any atom is -0.339 e. The lowest BCUT2D eigenvalue weighted by molar-refractivity contribution is 0.0760. The van der Waals surface area contributed by atoms with Gasteiger partial charge in [-0.2, -0.15) is 0 Å². The molecule has 1 aromatic rings. The van der Waals surface area contributed by atoms with Crippen molar-refractivity contribution in [3.05, 3.63) is 35.4 Å². The lowest BCUT2D eigenvalue weighted by Crippen LogP contribution is -2.32. The smallest absolute Gasteiger partial charge is 0.253 e. The van der Waals surface area contributed by atoms with Gasteiger partial charge in [0.15, 0.2) is 0 Å². The molecule has 0 saturated carbocycles. The van der Waals surface area contributed by atoms with E-state index in [1.165, 1.54) is 18.4 Å². The topological polar surface area (TPSA) is 46.3 Å². The largest absolute Gasteiger partial charge is 0.339 e. The molecule has 0 bridgehead atoms. The molecule has 0 spiro atoms. The second-order valence-corrected chi connectivity index (χ2v) is 5.73. The van der Waals surface area contributed by atoms with Gasteiger partial charge in [-0.3, -0.25) is 4.79 Å². The lowest BCUT2D eigenvalue weighted by atomic mass is 9.98. The predicted molar refractivity (Wildman–Crippen MR) is 82.7 cm³/mol. The third kappa shape index (κ3) is 3.83. The van der Waals surface area contributed by atoms with Crippen LogP contribution < -0.4 is 5.73 Å². The quantitative estimate of drug-likeness (QED) is 0.917. The fourth-order valence-electron chi connectivity index (χ4n) is 2.94. The van der Waals surface area contributed by atoms with Gasteiger partial charge in [-0.25, -0.2) is 0 Å². The zero-order valence-corrected chi connectivity index (χ0v) is 12.5. The van der Waals surface area contributed by atoms with E-state index in [0.717, 1.165) is 43.8 Å². The highest BCUT2D eigenvalue weighted by Gasteiger charge is 2.20. The van der Waals surface area contributed by atoms with E-state index in [-0.39, 0.29) is 5.91 Å². The normalized spacial score (nSPS) is 19.7. The predicted octanol–water partition coefficient (Wildman–Crippen LogP) is 2.84. The lowest BCUT2D eigenvalue weighted by Gasteiger charge is -2.20. The van der Waals surface area contributed by atoms with E-state index in [9.17, 15) is 4.79 Å². The first-order valence-electron chi connectivity index (χ1n) is 7.83. The molecule has 1 amide bonds. The fraction of sp³-hybridized carbons (Fsp3) is 0.588. The standard InChI is InChI=1S/C17H26N2O/c1-2-14-4-3-12-19(13-10-14)17(20)16-7-5-15(6-8-16)9-11-18/h5-8,14H,2-4,9-13,18H2,1H3. The Bertz CT molecular complexity index is 427. The maximum atomic E-state index is 12.5.